The Kier molecular flexibility index (Phi) is 4.40. The molecule has 1 aromatic carbocycles. The molecule has 0 heterocycles. The van der Waals surface area contributed by atoms with E-state index in [1.807, 2.05) is 18.2 Å². The Morgan fingerprint density at radius 2 is 2.12 bits per heavy atom. The Bertz CT molecular complexity index is 414. The van der Waals surface area contributed by atoms with Gasteiger partial charge >= 0.3 is 0 Å². The number of benzene rings is 1. The summed E-state index contributed by atoms with van der Waals surface area (Å²) < 4.78 is 1.05. The Morgan fingerprint density at radius 1 is 1.41 bits per heavy atom. The molecule has 4 heteroatoms. The molecule has 92 valence electrons. The molecule has 3 N–H and O–H groups in total. The minimum atomic E-state index is 0.450. The molecule has 0 atom stereocenters. The maximum Gasteiger partial charge on any atom is 0.106 e. The molecule has 0 radical (unpaired) electrons. The summed E-state index contributed by atoms with van der Waals surface area (Å²) in [5, 5.41) is 3.48. The van der Waals surface area contributed by atoms with Gasteiger partial charge in [0.25, 0.3) is 0 Å². The fraction of sp³-hybridized carbons (Fsp3) is 0.462. The highest BCUT2D eigenvalue weighted by molar-refractivity contribution is 9.10. The Labute approximate surface area is 116 Å². The van der Waals surface area contributed by atoms with Gasteiger partial charge in [-0.05, 0) is 37.0 Å². The van der Waals surface area contributed by atoms with Gasteiger partial charge in [-0.2, -0.15) is 0 Å². The molecule has 0 aromatic heterocycles. The van der Waals surface area contributed by atoms with Crippen molar-refractivity contribution in [3.63, 3.8) is 0 Å². The van der Waals surface area contributed by atoms with E-state index in [-0.39, 0.29) is 0 Å². The van der Waals surface area contributed by atoms with E-state index in [0.717, 1.165) is 28.2 Å². The van der Waals surface area contributed by atoms with Gasteiger partial charge in [-0.15, -0.1) is 0 Å². The second kappa shape index (κ2) is 5.83. The van der Waals surface area contributed by atoms with Gasteiger partial charge in [0.1, 0.15) is 4.99 Å². The normalized spacial score (nSPS) is 16.1. The SMILES string of the molecule is NC(=S)c1ccc(Br)cc1NCC1CCCC1. The standard InChI is InChI=1S/C13H17BrN2S/c14-10-5-6-11(13(15)17)12(7-10)16-8-9-3-1-2-4-9/h5-7,9,16H,1-4,8H2,(H2,15,17). The lowest BCUT2D eigenvalue weighted by atomic mass is 10.1. The molecule has 2 rings (SSSR count). The van der Waals surface area contributed by atoms with E-state index in [2.05, 4.69) is 21.2 Å². The van der Waals surface area contributed by atoms with Crippen molar-refractivity contribution in [1.29, 1.82) is 0 Å². The van der Waals surface area contributed by atoms with Crippen molar-refractivity contribution in [2.45, 2.75) is 25.7 Å². The van der Waals surface area contributed by atoms with Gasteiger partial charge < -0.3 is 11.1 Å². The molecule has 0 saturated heterocycles. The first-order chi connectivity index (χ1) is 8.16. The number of rotatable bonds is 4. The summed E-state index contributed by atoms with van der Waals surface area (Å²) in [6.07, 6.45) is 5.41. The molecule has 1 aliphatic carbocycles. The summed E-state index contributed by atoms with van der Waals surface area (Å²) in [6.45, 7) is 1.02. The quantitative estimate of drug-likeness (QED) is 0.833. The molecule has 1 saturated carbocycles. The first-order valence-corrected chi connectivity index (χ1v) is 7.20. The molecule has 2 nitrogen and oxygen atoms in total. The van der Waals surface area contributed by atoms with Crippen LogP contribution in [-0.4, -0.2) is 11.5 Å². The fourth-order valence-corrected chi connectivity index (χ4v) is 2.89. The number of thiocarbonyl (C=S) groups is 1. The Hall–Kier alpha value is -0.610. The van der Waals surface area contributed by atoms with E-state index in [1.165, 1.54) is 25.7 Å². The third-order valence-corrected chi connectivity index (χ3v) is 4.02. The molecule has 1 aromatic rings. The van der Waals surface area contributed by atoms with Crippen LogP contribution in [0.25, 0.3) is 0 Å². The first-order valence-electron chi connectivity index (χ1n) is 6.00. The smallest absolute Gasteiger partial charge is 0.106 e. The lowest BCUT2D eigenvalue weighted by Crippen LogP contribution is -2.16. The van der Waals surface area contributed by atoms with E-state index < -0.39 is 0 Å². The zero-order valence-corrected chi connectivity index (χ0v) is 12.1. The summed E-state index contributed by atoms with van der Waals surface area (Å²) in [5.74, 6) is 0.799. The van der Waals surface area contributed by atoms with Gasteiger partial charge in [0.2, 0.25) is 0 Å². The van der Waals surface area contributed by atoms with Crippen LogP contribution in [0.15, 0.2) is 22.7 Å². The van der Waals surface area contributed by atoms with E-state index in [1.54, 1.807) is 0 Å². The van der Waals surface area contributed by atoms with Gasteiger partial charge in [-0.1, -0.05) is 41.0 Å². The van der Waals surface area contributed by atoms with Crippen LogP contribution < -0.4 is 11.1 Å². The predicted molar refractivity (Wildman–Crippen MR) is 80.5 cm³/mol. The second-order valence-corrected chi connectivity index (χ2v) is 5.94. The van der Waals surface area contributed by atoms with Crippen molar-refractivity contribution in [3.8, 4) is 0 Å². The van der Waals surface area contributed by atoms with Crippen molar-refractivity contribution in [2.75, 3.05) is 11.9 Å². The average molecular weight is 313 g/mol. The number of halogens is 1. The highest BCUT2D eigenvalue weighted by atomic mass is 79.9. The minimum Gasteiger partial charge on any atom is -0.389 e. The van der Waals surface area contributed by atoms with Gasteiger partial charge in [0, 0.05) is 22.3 Å². The number of hydrogen-bond donors (Lipinski definition) is 2. The molecule has 0 spiro atoms. The minimum absolute atomic E-state index is 0.450. The van der Waals surface area contributed by atoms with Gasteiger partial charge in [-0.3, -0.25) is 0 Å². The van der Waals surface area contributed by atoms with Crippen LogP contribution in [0.3, 0.4) is 0 Å². The van der Waals surface area contributed by atoms with Crippen LogP contribution in [0.2, 0.25) is 0 Å². The predicted octanol–water partition coefficient (Wildman–Crippen LogP) is 3.69. The van der Waals surface area contributed by atoms with Gasteiger partial charge in [0.05, 0.1) is 0 Å². The zero-order chi connectivity index (χ0) is 12.3. The van der Waals surface area contributed by atoms with Crippen LogP contribution in [-0.2, 0) is 0 Å². The van der Waals surface area contributed by atoms with E-state index >= 15 is 0 Å². The first kappa shape index (κ1) is 12.8. The van der Waals surface area contributed by atoms with Crippen molar-refractivity contribution in [1.82, 2.24) is 0 Å². The Balaban J connectivity index is 2.07. The fourth-order valence-electron chi connectivity index (χ4n) is 2.35. The number of anilines is 1. The lowest BCUT2D eigenvalue weighted by Gasteiger charge is -2.15. The van der Waals surface area contributed by atoms with Crippen molar-refractivity contribution < 1.29 is 0 Å². The molecule has 1 fully saturated rings. The van der Waals surface area contributed by atoms with Crippen molar-refractivity contribution in [3.05, 3.63) is 28.2 Å². The van der Waals surface area contributed by atoms with Crippen LogP contribution in [0.5, 0.6) is 0 Å². The van der Waals surface area contributed by atoms with Crippen LogP contribution >= 0.6 is 28.1 Å². The molecule has 1 aliphatic rings. The third kappa shape index (κ3) is 3.42. The highest BCUT2D eigenvalue weighted by Crippen LogP contribution is 2.27. The average Bonchev–Trinajstić information content (AvgIpc) is 2.78. The number of hydrogen-bond acceptors (Lipinski definition) is 2. The monoisotopic (exact) mass is 312 g/mol. The van der Waals surface area contributed by atoms with E-state index in [0.29, 0.717) is 4.99 Å². The highest BCUT2D eigenvalue weighted by Gasteiger charge is 2.15. The topological polar surface area (TPSA) is 38.0 Å². The largest absolute Gasteiger partial charge is 0.389 e. The molecule has 0 amide bonds. The van der Waals surface area contributed by atoms with E-state index in [4.69, 9.17) is 18.0 Å². The summed E-state index contributed by atoms with van der Waals surface area (Å²) in [5.41, 5.74) is 7.70. The number of nitrogens with two attached hydrogens (primary N) is 1. The molecule has 0 unspecified atom stereocenters. The van der Waals surface area contributed by atoms with Crippen molar-refractivity contribution in [2.24, 2.45) is 11.7 Å². The van der Waals surface area contributed by atoms with Crippen LogP contribution in [0, 0.1) is 5.92 Å². The molecule has 0 bridgehead atoms. The van der Waals surface area contributed by atoms with E-state index in [9.17, 15) is 0 Å². The molecular formula is C13H17BrN2S. The zero-order valence-electron chi connectivity index (χ0n) is 9.71. The second-order valence-electron chi connectivity index (χ2n) is 4.59. The summed E-state index contributed by atoms with van der Waals surface area (Å²) in [6, 6.07) is 5.97. The Morgan fingerprint density at radius 3 is 2.76 bits per heavy atom. The summed E-state index contributed by atoms with van der Waals surface area (Å²) in [7, 11) is 0. The molecule has 17 heavy (non-hydrogen) atoms. The maximum absolute atomic E-state index is 5.72. The van der Waals surface area contributed by atoms with Crippen LogP contribution in [0.4, 0.5) is 5.69 Å². The third-order valence-electron chi connectivity index (χ3n) is 3.30. The van der Waals surface area contributed by atoms with Gasteiger partial charge in [-0.25, -0.2) is 0 Å². The van der Waals surface area contributed by atoms with Gasteiger partial charge in [0.15, 0.2) is 0 Å². The number of nitrogens with one attached hydrogen (secondary N) is 1. The molecular weight excluding hydrogens is 296 g/mol. The molecule has 0 aliphatic heterocycles. The van der Waals surface area contributed by atoms with Crippen molar-refractivity contribution >= 4 is 38.8 Å². The van der Waals surface area contributed by atoms with Crippen LogP contribution in [0.1, 0.15) is 31.2 Å². The maximum atomic E-state index is 5.72. The lowest BCUT2D eigenvalue weighted by molar-refractivity contribution is 0.580. The summed E-state index contributed by atoms with van der Waals surface area (Å²) in [4.78, 5) is 0.450. The summed E-state index contributed by atoms with van der Waals surface area (Å²) >= 11 is 8.54.